The van der Waals surface area contributed by atoms with Crippen molar-refractivity contribution in [2.75, 3.05) is 0 Å². The van der Waals surface area contributed by atoms with Crippen LogP contribution in [0.4, 0.5) is 0 Å². The van der Waals surface area contributed by atoms with Gasteiger partial charge in [-0.25, -0.2) is 0 Å². The first-order valence-corrected chi connectivity index (χ1v) is 6.32. The monoisotopic (exact) mass is 290 g/mol. The van der Waals surface area contributed by atoms with Crippen LogP contribution < -0.4 is 15.8 Å². The third kappa shape index (κ3) is 5.48. The van der Waals surface area contributed by atoms with E-state index in [4.69, 9.17) is 10.5 Å². The van der Waals surface area contributed by atoms with Gasteiger partial charge >= 0.3 is 5.97 Å². The highest BCUT2D eigenvalue weighted by atomic mass is 16.5. The topological polar surface area (TPSA) is 98.5 Å². The maximum atomic E-state index is 12.0. The van der Waals surface area contributed by atoms with Crippen molar-refractivity contribution in [1.29, 1.82) is 0 Å². The number of ether oxygens (including phenoxy) is 1. The van der Waals surface area contributed by atoms with Crippen LogP contribution in [0.3, 0.4) is 0 Å². The quantitative estimate of drug-likeness (QED) is 0.466. The Morgan fingerprint density at radius 2 is 1.81 bits per heavy atom. The number of hydrogen-bond acceptors (Lipinski definition) is 4. The average Bonchev–Trinajstić information content (AvgIpc) is 2.37. The second-order valence-corrected chi connectivity index (χ2v) is 4.71. The lowest BCUT2D eigenvalue weighted by atomic mass is 10.1. The van der Waals surface area contributed by atoms with Crippen molar-refractivity contribution < 1.29 is 19.1 Å². The van der Waals surface area contributed by atoms with E-state index in [-0.39, 0.29) is 6.42 Å². The predicted octanol–water partition coefficient (Wildman–Crippen LogP) is 1.16. The van der Waals surface area contributed by atoms with E-state index in [1.54, 1.807) is 6.92 Å². The van der Waals surface area contributed by atoms with E-state index in [9.17, 15) is 14.4 Å². The summed E-state index contributed by atoms with van der Waals surface area (Å²) in [5.41, 5.74) is 6.31. The van der Waals surface area contributed by atoms with Crippen LogP contribution in [0.1, 0.15) is 30.6 Å². The van der Waals surface area contributed by atoms with Gasteiger partial charge in [0.05, 0.1) is 0 Å². The molecule has 112 valence electrons. The molecule has 0 aromatic heterocycles. The van der Waals surface area contributed by atoms with Crippen molar-refractivity contribution in [1.82, 2.24) is 5.32 Å². The van der Waals surface area contributed by atoms with Crippen LogP contribution in [-0.2, 0) is 9.59 Å². The fourth-order valence-corrected chi connectivity index (χ4v) is 1.65. The number of hydrogen-bond donors (Lipinski definition) is 2. The third-order valence-corrected chi connectivity index (χ3v) is 2.58. The first-order valence-electron chi connectivity index (χ1n) is 6.32. The van der Waals surface area contributed by atoms with Gasteiger partial charge in [0.15, 0.2) is 0 Å². The van der Waals surface area contributed by atoms with Gasteiger partial charge in [-0.05, 0) is 37.6 Å². The van der Waals surface area contributed by atoms with Crippen LogP contribution in [0.25, 0.3) is 0 Å². The number of benzene rings is 1. The van der Waals surface area contributed by atoms with Crippen LogP contribution in [0.15, 0.2) is 36.4 Å². The molecule has 0 bridgehead atoms. The molecule has 0 heterocycles. The van der Waals surface area contributed by atoms with Crippen molar-refractivity contribution in [2.24, 2.45) is 5.73 Å². The molecular formula is C15H18N2O4. The van der Waals surface area contributed by atoms with E-state index in [1.807, 2.05) is 0 Å². The molecule has 0 saturated heterocycles. The molecule has 0 saturated carbocycles. The number of amides is 2. The lowest BCUT2D eigenvalue weighted by Crippen LogP contribution is -2.44. The van der Waals surface area contributed by atoms with E-state index in [2.05, 4.69) is 11.9 Å². The minimum absolute atomic E-state index is 0.284. The lowest BCUT2D eigenvalue weighted by molar-refractivity contribution is -0.131. The minimum atomic E-state index is -0.803. The zero-order valence-corrected chi connectivity index (χ0v) is 12.0. The minimum Gasteiger partial charge on any atom is -0.427 e. The SMILES string of the molecule is C=C(C)C[C@H](NC(=O)c1ccc(OC(C)=O)cc1)C(N)=O. The van der Waals surface area contributed by atoms with E-state index >= 15 is 0 Å². The fourth-order valence-electron chi connectivity index (χ4n) is 1.65. The highest BCUT2D eigenvalue weighted by molar-refractivity contribution is 5.97. The summed E-state index contributed by atoms with van der Waals surface area (Å²) in [6.07, 6.45) is 0.284. The van der Waals surface area contributed by atoms with Crippen LogP contribution >= 0.6 is 0 Å². The Hall–Kier alpha value is -2.63. The molecule has 0 spiro atoms. The Morgan fingerprint density at radius 1 is 1.24 bits per heavy atom. The first kappa shape index (κ1) is 16.4. The summed E-state index contributed by atoms with van der Waals surface area (Å²) in [5, 5.41) is 2.54. The Balaban J connectivity index is 2.76. The Kier molecular flexibility index (Phi) is 5.66. The predicted molar refractivity (Wildman–Crippen MR) is 77.6 cm³/mol. The number of carbonyl (C=O) groups excluding carboxylic acids is 3. The molecular weight excluding hydrogens is 272 g/mol. The normalized spacial score (nSPS) is 11.3. The number of rotatable bonds is 6. The molecule has 2 amide bonds. The molecule has 0 aliphatic rings. The number of carbonyl (C=O) groups is 3. The summed E-state index contributed by atoms with van der Waals surface area (Å²) in [5.74, 6) is -1.16. The summed E-state index contributed by atoms with van der Waals surface area (Å²) in [6.45, 7) is 6.72. The van der Waals surface area contributed by atoms with Gasteiger partial charge in [0.1, 0.15) is 11.8 Å². The lowest BCUT2D eigenvalue weighted by Gasteiger charge is -2.15. The summed E-state index contributed by atoms with van der Waals surface area (Å²) in [7, 11) is 0. The smallest absolute Gasteiger partial charge is 0.308 e. The fraction of sp³-hybridized carbons (Fsp3) is 0.267. The molecule has 0 aliphatic carbocycles. The molecule has 0 fully saturated rings. The maximum Gasteiger partial charge on any atom is 0.308 e. The van der Waals surface area contributed by atoms with Gasteiger partial charge in [0.25, 0.3) is 5.91 Å². The molecule has 21 heavy (non-hydrogen) atoms. The second-order valence-electron chi connectivity index (χ2n) is 4.71. The largest absolute Gasteiger partial charge is 0.427 e. The average molecular weight is 290 g/mol. The molecule has 0 unspecified atom stereocenters. The van der Waals surface area contributed by atoms with Crippen molar-refractivity contribution >= 4 is 17.8 Å². The maximum absolute atomic E-state index is 12.0. The summed E-state index contributed by atoms with van der Waals surface area (Å²) < 4.78 is 4.86. The Morgan fingerprint density at radius 3 is 2.24 bits per heavy atom. The second kappa shape index (κ2) is 7.23. The van der Waals surface area contributed by atoms with E-state index in [0.29, 0.717) is 11.3 Å². The number of nitrogens with two attached hydrogens (primary N) is 1. The molecule has 0 radical (unpaired) electrons. The van der Waals surface area contributed by atoms with E-state index in [1.165, 1.54) is 31.2 Å². The van der Waals surface area contributed by atoms with Gasteiger partial charge in [-0.1, -0.05) is 5.57 Å². The van der Waals surface area contributed by atoms with Gasteiger partial charge in [-0.15, -0.1) is 6.58 Å². The molecule has 6 heteroatoms. The van der Waals surface area contributed by atoms with Gasteiger partial charge in [0.2, 0.25) is 5.91 Å². The molecule has 6 nitrogen and oxygen atoms in total. The number of nitrogens with one attached hydrogen (secondary N) is 1. The number of esters is 1. The Bertz CT molecular complexity index is 564. The van der Waals surface area contributed by atoms with Gasteiger partial charge < -0.3 is 15.8 Å². The van der Waals surface area contributed by atoms with Crippen LogP contribution in [0.5, 0.6) is 5.75 Å². The van der Waals surface area contributed by atoms with E-state index < -0.39 is 23.8 Å². The van der Waals surface area contributed by atoms with Crippen LogP contribution in [0.2, 0.25) is 0 Å². The number of primary amides is 1. The first-order chi connectivity index (χ1) is 9.79. The molecule has 1 aromatic rings. The van der Waals surface area contributed by atoms with Gasteiger partial charge in [-0.3, -0.25) is 14.4 Å². The van der Waals surface area contributed by atoms with Crippen molar-refractivity contribution in [3.05, 3.63) is 42.0 Å². The Labute approximate surface area is 123 Å². The van der Waals surface area contributed by atoms with Crippen LogP contribution in [0, 0.1) is 0 Å². The molecule has 1 rings (SSSR count). The summed E-state index contributed by atoms with van der Waals surface area (Å²) in [4.78, 5) is 34.1. The molecule has 3 N–H and O–H groups in total. The van der Waals surface area contributed by atoms with Gasteiger partial charge in [-0.2, -0.15) is 0 Å². The highest BCUT2D eigenvalue weighted by Gasteiger charge is 2.18. The summed E-state index contributed by atoms with van der Waals surface area (Å²) >= 11 is 0. The molecule has 0 aliphatic heterocycles. The summed E-state index contributed by atoms with van der Waals surface area (Å²) in [6, 6.07) is 5.17. The zero-order chi connectivity index (χ0) is 16.0. The van der Waals surface area contributed by atoms with Crippen molar-refractivity contribution in [3.63, 3.8) is 0 Å². The highest BCUT2D eigenvalue weighted by Crippen LogP contribution is 2.13. The third-order valence-electron chi connectivity index (χ3n) is 2.58. The van der Waals surface area contributed by atoms with Crippen molar-refractivity contribution in [3.8, 4) is 5.75 Å². The van der Waals surface area contributed by atoms with Gasteiger partial charge in [0, 0.05) is 12.5 Å². The zero-order valence-electron chi connectivity index (χ0n) is 12.0. The molecule has 1 aromatic carbocycles. The standard InChI is InChI=1S/C15H18N2O4/c1-9(2)8-13(14(16)19)17-15(20)11-4-6-12(7-5-11)21-10(3)18/h4-7,13H,1,8H2,2-3H3,(H2,16,19)(H,17,20)/t13-/m0/s1. The molecule has 1 atom stereocenters. The van der Waals surface area contributed by atoms with Crippen LogP contribution in [-0.4, -0.2) is 23.8 Å². The van der Waals surface area contributed by atoms with Crippen molar-refractivity contribution in [2.45, 2.75) is 26.3 Å². The van der Waals surface area contributed by atoms with E-state index in [0.717, 1.165) is 5.57 Å².